The molecule has 2 rings (SSSR count). The Morgan fingerprint density at radius 3 is 2.41 bits per heavy atom. The van der Waals surface area contributed by atoms with Crippen LogP contribution >= 0.6 is 0 Å². The summed E-state index contributed by atoms with van der Waals surface area (Å²) in [6.07, 6.45) is 6.07. The molecule has 0 spiro atoms. The molecule has 1 saturated heterocycles. The van der Waals surface area contributed by atoms with Crippen molar-refractivity contribution in [2.24, 2.45) is 11.1 Å². The molecule has 2 fully saturated rings. The maximum Gasteiger partial charge on any atom is 0.242 e. The number of amides is 2. The minimum Gasteiger partial charge on any atom is -0.378 e. The number of morpholine rings is 1. The third kappa shape index (κ3) is 4.43. The summed E-state index contributed by atoms with van der Waals surface area (Å²) in [4.78, 5) is 28.0. The van der Waals surface area contributed by atoms with Gasteiger partial charge in [-0.1, -0.05) is 19.3 Å². The van der Waals surface area contributed by atoms with Crippen LogP contribution in [0.4, 0.5) is 0 Å². The van der Waals surface area contributed by atoms with Crippen LogP contribution in [0.2, 0.25) is 0 Å². The molecule has 0 atom stereocenters. The van der Waals surface area contributed by atoms with Crippen LogP contribution in [0.1, 0.15) is 38.5 Å². The Bertz CT molecular complexity index is 388. The van der Waals surface area contributed by atoms with Crippen molar-refractivity contribution in [1.29, 1.82) is 0 Å². The summed E-state index contributed by atoms with van der Waals surface area (Å²) in [6.45, 7) is 3.12. The molecule has 1 saturated carbocycles. The van der Waals surface area contributed by atoms with Crippen molar-refractivity contribution in [3.8, 4) is 0 Å². The van der Waals surface area contributed by atoms with Gasteiger partial charge in [0.25, 0.3) is 0 Å². The summed E-state index contributed by atoms with van der Waals surface area (Å²) < 4.78 is 5.24. The second-order valence-electron chi connectivity index (χ2n) is 6.68. The molecule has 1 heterocycles. The zero-order valence-electron chi connectivity index (χ0n) is 13.7. The molecule has 1 aliphatic heterocycles. The van der Waals surface area contributed by atoms with Crippen LogP contribution in [0.3, 0.4) is 0 Å². The highest BCUT2D eigenvalue weighted by Crippen LogP contribution is 2.38. The zero-order valence-corrected chi connectivity index (χ0v) is 13.7. The molecule has 2 N–H and O–H groups in total. The number of nitrogens with two attached hydrogens (primary N) is 1. The first kappa shape index (κ1) is 17.2. The van der Waals surface area contributed by atoms with E-state index in [4.69, 9.17) is 10.5 Å². The molecule has 0 bridgehead atoms. The van der Waals surface area contributed by atoms with E-state index in [1.54, 1.807) is 16.8 Å². The smallest absolute Gasteiger partial charge is 0.242 e. The quantitative estimate of drug-likeness (QED) is 0.807. The number of nitrogens with zero attached hydrogens (tertiary/aromatic N) is 2. The van der Waals surface area contributed by atoms with Crippen molar-refractivity contribution in [3.05, 3.63) is 0 Å². The van der Waals surface area contributed by atoms with E-state index in [1.165, 1.54) is 6.42 Å². The van der Waals surface area contributed by atoms with Crippen LogP contribution in [0.25, 0.3) is 0 Å². The highest BCUT2D eigenvalue weighted by Gasteiger charge is 2.34. The lowest BCUT2D eigenvalue weighted by molar-refractivity contribution is -0.143. The Morgan fingerprint density at radius 2 is 1.82 bits per heavy atom. The van der Waals surface area contributed by atoms with Crippen molar-refractivity contribution >= 4 is 11.8 Å². The molecule has 2 amide bonds. The van der Waals surface area contributed by atoms with Crippen LogP contribution in [-0.2, 0) is 14.3 Å². The average Bonchev–Trinajstić information content (AvgIpc) is 2.56. The van der Waals surface area contributed by atoms with Crippen LogP contribution in [0, 0.1) is 5.41 Å². The molecule has 0 aromatic carbocycles. The second-order valence-corrected chi connectivity index (χ2v) is 6.68. The number of hydrogen-bond donors (Lipinski definition) is 1. The van der Waals surface area contributed by atoms with Gasteiger partial charge in [-0.3, -0.25) is 9.59 Å². The van der Waals surface area contributed by atoms with Gasteiger partial charge in [0.1, 0.15) is 0 Å². The number of hydrogen-bond acceptors (Lipinski definition) is 4. The number of carbonyl (C=O) groups excluding carboxylic acids is 2. The molecule has 22 heavy (non-hydrogen) atoms. The standard InChI is InChI=1S/C16H29N3O3/c1-18(12-15(21)19-7-9-22-10-8-19)14(20)11-16(13-17)5-3-2-4-6-16/h2-13,17H2,1H3. The van der Waals surface area contributed by atoms with Crippen molar-refractivity contribution in [2.75, 3.05) is 46.4 Å². The van der Waals surface area contributed by atoms with E-state index in [0.29, 0.717) is 39.3 Å². The molecule has 0 radical (unpaired) electrons. The fraction of sp³-hybridized carbons (Fsp3) is 0.875. The maximum absolute atomic E-state index is 12.5. The van der Waals surface area contributed by atoms with E-state index < -0.39 is 0 Å². The monoisotopic (exact) mass is 311 g/mol. The van der Waals surface area contributed by atoms with Gasteiger partial charge in [0.05, 0.1) is 19.8 Å². The minimum atomic E-state index is -0.0500. The zero-order chi connectivity index (χ0) is 16.0. The molecule has 0 unspecified atom stereocenters. The summed E-state index contributed by atoms with van der Waals surface area (Å²) in [5.74, 6) is 0.0403. The van der Waals surface area contributed by atoms with Gasteiger partial charge in [0.2, 0.25) is 11.8 Å². The summed E-state index contributed by atoms with van der Waals surface area (Å²) in [6, 6.07) is 0. The molecular formula is C16H29N3O3. The van der Waals surface area contributed by atoms with Crippen LogP contribution < -0.4 is 5.73 Å². The lowest BCUT2D eigenvalue weighted by Crippen LogP contribution is -2.47. The molecule has 0 aromatic rings. The first-order chi connectivity index (χ1) is 10.6. The fourth-order valence-electron chi connectivity index (χ4n) is 3.41. The molecule has 1 aliphatic carbocycles. The Morgan fingerprint density at radius 1 is 1.18 bits per heavy atom. The van der Waals surface area contributed by atoms with Gasteiger partial charge in [-0.2, -0.15) is 0 Å². The highest BCUT2D eigenvalue weighted by molar-refractivity contribution is 5.85. The third-order valence-electron chi connectivity index (χ3n) is 5.04. The van der Waals surface area contributed by atoms with Gasteiger partial charge in [-0.05, 0) is 24.8 Å². The Labute approximate surface area is 132 Å². The molecule has 6 nitrogen and oxygen atoms in total. The number of ether oxygens (including phenoxy) is 1. The van der Waals surface area contributed by atoms with Crippen molar-refractivity contribution in [1.82, 2.24) is 9.80 Å². The lowest BCUT2D eigenvalue weighted by Gasteiger charge is -2.37. The second kappa shape index (κ2) is 7.92. The average molecular weight is 311 g/mol. The summed E-state index contributed by atoms with van der Waals surface area (Å²) in [5.41, 5.74) is 5.90. The molecule has 0 aromatic heterocycles. The number of carbonyl (C=O) groups is 2. The van der Waals surface area contributed by atoms with E-state index >= 15 is 0 Å². The van der Waals surface area contributed by atoms with E-state index in [1.807, 2.05) is 0 Å². The lowest BCUT2D eigenvalue weighted by atomic mass is 9.71. The molecule has 2 aliphatic rings. The van der Waals surface area contributed by atoms with E-state index in [9.17, 15) is 9.59 Å². The largest absolute Gasteiger partial charge is 0.378 e. The summed E-state index contributed by atoms with van der Waals surface area (Å²) >= 11 is 0. The first-order valence-electron chi connectivity index (χ1n) is 8.36. The Hall–Kier alpha value is -1.14. The summed E-state index contributed by atoms with van der Waals surface area (Å²) in [7, 11) is 1.72. The van der Waals surface area contributed by atoms with Gasteiger partial charge in [0, 0.05) is 26.6 Å². The molecule has 126 valence electrons. The van der Waals surface area contributed by atoms with Gasteiger partial charge in [0.15, 0.2) is 0 Å². The van der Waals surface area contributed by atoms with Crippen LogP contribution in [0.5, 0.6) is 0 Å². The van der Waals surface area contributed by atoms with E-state index in [2.05, 4.69) is 0 Å². The highest BCUT2D eigenvalue weighted by atomic mass is 16.5. The normalized spacial score (nSPS) is 21.5. The molecular weight excluding hydrogens is 282 g/mol. The number of rotatable bonds is 5. The van der Waals surface area contributed by atoms with Gasteiger partial charge >= 0.3 is 0 Å². The van der Waals surface area contributed by atoms with Gasteiger partial charge < -0.3 is 20.3 Å². The van der Waals surface area contributed by atoms with Crippen LogP contribution in [0.15, 0.2) is 0 Å². The predicted octanol–water partition coefficient (Wildman–Crippen LogP) is 0.603. The summed E-state index contributed by atoms with van der Waals surface area (Å²) in [5, 5.41) is 0. The number of likely N-dealkylation sites (N-methyl/N-ethyl adjacent to an activating group) is 1. The van der Waals surface area contributed by atoms with Crippen molar-refractivity contribution in [3.63, 3.8) is 0 Å². The van der Waals surface area contributed by atoms with E-state index in [0.717, 1.165) is 25.7 Å². The van der Waals surface area contributed by atoms with E-state index in [-0.39, 0.29) is 23.8 Å². The van der Waals surface area contributed by atoms with Crippen molar-refractivity contribution < 1.29 is 14.3 Å². The topological polar surface area (TPSA) is 75.9 Å². The minimum absolute atomic E-state index is 0.00425. The third-order valence-corrected chi connectivity index (χ3v) is 5.04. The van der Waals surface area contributed by atoms with Gasteiger partial charge in [-0.15, -0.1) is 0 Å². The Kier molecular flexibility index (Phi) is 6.20. The van der Waals surface area contributed by atoms with Gasteiger partial charge in [-0.25, -0.2) is 0 Å². The predicted molar refractivity (Wildman–Crippen MR) is 84.2 cm³/mol. The maximum atomic E-state index is 12.5. The molecule has 6 heteroatoms. The Balaban J connectivity index is 1.84. The van der Waals surface area contributed by atoms with Crippen molar-refractivity contribution in [2.45, 2.75) is 38.5 Å². The first-order valence-corrected chi connectivity index (χ1v) is 8.36. The fourth-order valence-corrected chi connectivity index (χ4v) is 3.41. The van der Waals surface area contributed by atoms with Crippen LogP contribution in [-0.4, -0.2) is 68.1 Å². The SMILES string of the molecule is CN(CC(=O)N1CCOCC1)C(=O)CC1(CN)CCCCC1.